The molecule has 5 nitrogen and oxygen atoms in total. The number of rotatable bonds is 4. The predicted molar refractivity (Wildman–Crippen MR) is 44.1 cm³/mol. The van der Waals surface area contributed by atoms with E-state index < -0.39 is 12.1 Å². The van der Waals surface area contributed by atoms with Crippen LogP contribution in [0, 0.1) is 0 Å². The first kappa shape index (κ1) is 12.1. The maximum atomic E-state index is 10.9. The fourth-order valence-corrected chi connectivity index (χ4v) is 0.649. The Morgan fingerprint density at radius 1 is 1.46 bits per heavy atom. The van der Waals surface area contributed by atoms with Crippen LogP contribution in [0.2, 0.25) is 0 Å². The summed E-state index contributed by atoms with van der Waals surface area (Å²) in [5, 5.41) is 24.9. The van der Waals surface area contributed by atoms with Crippen LogP contribution >= 0.6 is 0 Å². The van der Waals surface area contributed by atoms with Crippen molar-refractivity contribution in [3.63, 3.8) is 0 Å². The first-order valence-corrected chi connectivity index (χ1v) is 3.94. The highest BCUT2D eigenvalue weighted by molar-refractivity contribution is 5.87. The smallest absolute Gasteiger partial charge is 0.381 e. The SMILES string of the molecule is CCCC=C(C)C(=O)OC(O)(O)O. The zero-order valence-electron chi connectivity index (χ0n) is 7.65. The molecule has 0 aliphatic carbocycles. The Balaban J connectivity index is 4.12. The lowest BCUT2D eigenvalue weighted by Crippen LogP contribution is -2.34. The van der Waals surface area contributed by atoms with E-state index in [1.807, 2.05) is 6.92 Å². The molecular weight excluding hydrogens is 176 g/mol. The van der Waals surface area contributed by atoms with E-state index in [-0.39, 0.29) is 5.57 Å². The first-order chi connectivity index (χ1) is 5.87. The van der Waals surface area contributed by atoms with Gasteiger partial charge in [-0.15, -0.1) is 0 Å². The molecule has 5 heteroatoms. The molecule has 0 saturated heterocycles. The van der Waals surface area contributed by atoms with Crippen LogP contribution in [0.5, 0.6) is 0 Å². The van der Waals surface area contributed by atoms with E-state index in [1.165, 1.54) is 6.92 Å². The highest BCUT2D eigenvalue weighted by Gasteiger charge is 2.24. The molecule has 76 valence electrons. The molecule has 0 radical (unpaired) electrons. The van der Waals surface area contributed by atoms with Crippen molar-refractivity contribution in [3.8, 4) is 0 Å². The van der Waals surface area contributed by atoms with Crippen LogP contribution in [0.4, 0.5) is 0 Å². The van der Waals surface area contributed by atoms with E-state index in [2.05, 4.69) is 4.74 Å². The molecule has 0 unspecified atom stereocenters. The quantitative estimate of drug-likeness (QED) is 0.326. The molecule has 0 aliphatic rings. The predicted octanol–water partition coefficient (Wildman–Crippen LogP) is -0.136. The number of carbonyl (C=O) groups is 1. The normalized spacial score (nSPS) is 12.8. The second-order valence-corrected chi connectivity index (χ2v) is 2.64. The van der Waals surface area contributed by atoms with Gasteiger partial charge >= 0.3 is 12.1 Å². The molecule has 0 heterocycles. The second kappa shape index (κ2) is 4.96. The third-order valence-electron chi connectivity index (χ3n) is 1.29. The van der Waals surface area contributed by atoms with Gasteiger partial charge in [-0.25, -0.2) is 4.79 Å². The van der Waals surface area contributed by atoms with Gasteiger partial charge in [-0.05, 0) is 13.3 Å². The summed E-state index contributed by atoms with van der Waals surface area (Å²) in [6, 6.07) is 0. The van der Waals surface area contributed by atoms with Crippen LogP contribution in [0.25, 0.3) is 0 Å². The second-order valence-electron chi connectivity index (χ2n) is 2.64. The third kappa shape index (κ3) is 6.27. The molecule has 0 rings (SSSR count). The Bertz CT molecular complexity index is 201. The van der Waals surface area contributed by atoms with Gasteiger partial charge < -0.3 is 20.1 Å². The Morgan fingerprint density at radius 3 is 2.38 bits per heavy atom. The largest absolute Gasteiger partial charge is 0.455 e. The van der Waals surface area contributed by atoms with Crippen molar-refractivity contribution in [3.05, 3.63) is 11.6 Å². The Morgan fingerprint density at radius 2 is 2.00 bits per heavy atom. The van der Waals surface area contributed by atoms with E-state index in [0.717, 1.165) is 6.42 Å². The first-order valence-electron chi connectivity index (χ1n) is 3.94. The van der Waals surface area contributed by atoms with Crippen molar-refractivity contribution >= 4 is 5.97 Å². The summed E-state index contributed by atoms with van der Waals surface area (Å²) in [6.45, 7) is 3.40. The van der Waals surface area contributed by atoms with Gasteiger partial charge in [-0.2, -0.15) is 0 Å². The van der Waals surface area contributed by atoms with E-state index in [0.29, 0.717) is 6.42 Å². The number of ether oxygens (including phenoxy) is 1. The zero-order chi connectivity index (χ0) is 10.5. The maximum Gasteiger partial charge on any atom is 0.455 e. The average molecular weight is 190 g/mol. The van der Waals surface area contributed by atoms with Gasteiger partial charge in [0.25, 0.3) is 0 Å². The number of unbranched alkanes of at least 4 members (excludes halogenated alkanes) is 1. The Labute approximate surface area is 76.3 Å². The third-order valence-corrected chi connectivity index (χ3v) is 1.29. The summed E-state index contributed by atoms with van der Waals surface area (Å²) < 4.78 is 3.86. The van der Waals surface area contributed by atoms with E-state index in [4.69, 9.17) is 15.3 Å². The number of aliphatic hydroxyl groups is 3. The molecule has 0 aliphatic heterocycles. The summed E-state index contributed by atoms with van der Waals surface area (Å²) in [5.41, 5.74) is 0.225. The van der Waals surface area contributed by atoms with Crippen molar-refractivity contribution in [2.24, 2.45) is 0 Å². The van der Waals surface area contributed by atoms with Crippen molar-refractivity contribution in [1.29, 1.82) is 0 Å². The lowest BCUT2D eigenvalue weighted by Gasteiger charge is -2.13. The molecule has 0 aromatic carbocycles. The number of esters is 1. The van der Waals surface area contributed by atoms with Gasteiger partial charge in [-0.1, -0.05) is 19.4 Å². The van der Waals surface area contributed by atoms with Crippen LogP contribution in [-0.4, -0.2) is 27.4 Å². The van der Waals surface area contributed by atoms with E-state index in [1.54, 1.807) is 6.08 Å². The van der Waals surface area contributed by atoms with Crippen molar-refractivity contribution in [1.82, 2.24) is 0 Å². The minimum Gasteiger partial charge on any atom is -0.381 e. The van der Waals surface area contributed by atoms with Gasteiger partial charge in [0.2, 0.25) is 0 Å². The molecule has 0 aromatic heterocycles. The maximum absolute atomic E-state index is 10.9. The zero-order valence-corrected chi connectivity index (χ0v) is 7.65. The minimum atomic E-state index is -3.39. The molecule has 0 amide bonds. The summed E-state index contributed by atoms with van der Waals surface area (Å²) in [6.07, 6.45) is -0.240. The van der Waals surface area contributed by atoms with Crippen LogP contribution in [0.1, 0.15) is 26.7 Å². The molecule has 0 aromatic rings. The molecular formula is C8H14O5. The Kier molecular flexibility index (Phi) is 4.61. The summed E-state index contributed by atoms with van der Waals surface area (Å²) in [5.74, 6) is -0.957. The monoisotopic (exact) mass is 190 g/mol. The molecule has 0 saturated carbocycles. The molecule has 0 spiro atoms. The lowest BCUT2D eigenvalue weighted by molar-refractivity contribution is -0.434. The number of carbonyl (C=O) groups excluding carboxylic acids is 1. The van der Waals surface area contributed by atoms with Gasteiger partial charge in [0.05, 0.1) is 0 Å². The number of hydrogen-bond donors (Lipinski definition) is 3. The fraction of sp³-hybridized carbons (Fsp3) is 0.625. The molecule has 3 N–H and O–H groups in total. The van der Waals surface area contributed by atoms with Crippen molar-refractivity contribution in [2.45, 2.75) is 32.8 Å². The van der Waals surface area contributed by atoms with Crippen molar-refractivity contribution in [2.75, 3.05) is 0 Å². The van der Waals surface area contributed by atoms with Gasteiger partial charge in [0.1, 0.15) is 0 Å². The van der Waals surface area contributed by atoms with Crippen molar-refractivity contribution < 1.29 is 24.9 Å². The molecule has 0 fully saturated rings. The fourth-order valence-electron chi connectivity index (χ4n) is 0.649. The number of hydrogen-bond acceptors (Lipinski definition) is 5. The molecule has 13 heavy (non-hydrogen) atoms. The number of allylic oxidation sites excluding steroid dienone is 1. The summed E-state index contributed by atoms with van der Waals surface area (Å²) in [4.78, 5) is 10.9. The van der Waals surface area contributed by atoms with Crippen LogP contribution in [-0.2, 0) is 9.53 Å². The Hall–Kier alpha value is -0.910. The lowest BCUT2D eigenvalue weighted by atomic mass is 10.2. The van der Waals surface area contributed by atoms with E-state index >= 15 is 0 Å². The summed E-state index contributed by atoms with van der Waals surface area (Å²) >= 11 is 0. The molecule has 0 bridgehead atoms. The van der Waals surface area contributed by atoms with Gasteiger partial charge in [0.15, 0.2) is 0 Å². The van der Waals surface area contributed by atoms with Crippen LogP contribution in [0.15, 0.2) is 11.6 Å². The highest BCUT2D eigenvalue weighted by Crippen LogP contribution is 2.05. The highest BCUT2D eigenvalue weighted by atomic mass is 16.9. The molecule has 0 atom stereocenters. The van der Waals surface area contributed by atoms with E-state index in [9.17, 15) is 4.79 Å². The van der Waals surface area contributed by atoms with Gasteiger partial charge in [-0.3, -0.25) is 0 Å². The van der Waals surface area contributed by atoms with Crippen LogP contribution in [0.3, 0.4) is 0 Å². The summed E-state index contributed by atoms with van der Waals surface area (Å²) in [7, 11) is 0. The van der Waals surface area contributed by atoms with Gasteiger partial charge in [0, 0.05) is 5.57 Å². The standard InChI is InChI=1S/C8H14O5/c1-3-4-5-6(2)7(9)13-8(10,11)12/h5,10-12H,3-4H2,1-2H3. The average Bonchev–Trinajstić information content (AvgIpc) is 1.96. The van der Waals surface area contributed by atoms with Crippen LogP contribution < -0.4 is 0 Å². The topological polar surface area (TPSA) is 87.0 Å². The minimum absolute atomic E-state index is 0.225.